The summed E-state index contributed by atoms with van der Waals surface area (Å²) in [6.45, 7) is 0.713. The molecular weight excluding hydrogens is 240 g/mol. The van der Waals surface area contributed by atoms with Crippen LogP contribution in [0.2, 0.25) is 0 Å². The molecule has 0 aromatic carbocycles. The summed E-state index contributed by atoms with van der Waals surface area (Å²) < 4.78 is 0. The summed E-state index contributed by atoms with van der Waals surface area (Å²) in [7, 11) is 0. The molecule has 1 atom stereocenters. The number of hydrogen-bond acceptors (Lipinski definition) is 3. The van der Waals surface area contributed by atoms with Gasteiger partial charge in [-0.15, -0.1) is 0 Å². The summed E-state index contributed by atoms with van der Waals surface area (Å²) in [5, 5.41) is 6.60. The van der Waals surface area contributed by atoms with Crippen molar-refractivity contribution in [3.8, 4) is 0 Å². The molecule has 102 valence electrons. The number of carbonyl (C=O) groups is 1. The van der Waals surface area contributed by atoms with Crippen LogP contribution in [-0.4, -0.2) is 28.0 Å². The van der Waals surface area contributed by atoms with E-state index in [0.717, 1.165) is 23.2 Å². The number of amides is 1. The molecule has 1 aliphatic heterocycles. The third kappa shape index (κ3) is 2.27. The Morgan fingerprint density at radius 2 is 2.05 bits per heavy atom. The van der Waals surface area contributed by atoms with Crippen molar-refractivity contribution < 1.29 is 4.79 Å². The van der Waals surface area contributed by atoms with E-state index in [1.165, 1.54) is 25.7 Å². The second-order valence-electron chi connectivity index (χ2n) is 6.17. The van der Waals surface area contributed by atoms with Crippen LogP contribution in [0.3, 0.4) is 0 Å². The first-order chi connectivity index (χ1) is 9.31. The van der Waals surface area contributed by atoms with Crippen molar-refractivity contribution in [3.05, 3.63) is 17.7 Å². The molecule has 3 N–H and O–H groups in total. The van der Waals surface area contributed by atoms with Gasteiger partial charge in [0.15, 0.2) is 0 Å². The van der Waals surface area contributed by atoms with E-state index in [2.05, 4.69) is 20.6 Å². The summed E-state index contributed by atoms with van der Waals surface area (Å²) in [6.07, 6.45) is 7.59. The van der Waals surface area contributed by atoms with E-state index in [1.807, 2.05) is 0 Å². The molecule has 0 bridgehead atoms. The maximum atomic E-state index is 12.4. The normalized spacial score (nSPS) is 26.3. The summed E-state index contributed by atoms with van der Waals surface area (Å²) in [4.78, 5) is 19.8. The molecule has 2 fully saturated rings. The topological polar surface area (TPSA) is 69.8 Å². The number of rotatable bonds is 4. The van der Waals surface area contributed by atoms with Crippen molar-refractivity contribution >= 4 is 5.91 Å². The van der Waals surface area contributed by atoms with Gasteiger partial charge in [0.25, 0.3) is 0 Å². The van der Waals surface area contributed by atoms with Crippen molar-refractivity contribution in [2.24, 2.45) is 11.8 Å². The van der Waals surface area contributed by atoms with Gasteiger partial charge >= 0.3 is 0 Å². The lowest BCUT2D eigenvalue weighted by atomic mass is 10.0. The van der Waals surface area contributed by atoms with Crippen molar-refractivity contribution in [1.29, 1.82) is 0 Å². The molecule has 19 heavy (non-hydrogen) atoms. The van der Waals surface area contributed by atoms with Gasteiger partial charge in [0.1, 0.15) is 0 Å². The molecule has 2 saturated carbocycles. The number of imidazole rings is 1. The Balaban J connectivity index is 1.40. The molecule has 0 radical (unpaired) electrons. The lowest BCUT2D eigenvalue weighted by molar-refractivity contribution is -0.124. The maximum absolute atomic E-state index is 12.4. The highest BCUT2D eigenvalue weighted by atomic mass is 16.2. The van der Waals surface area contributed by atoms with Crippen LogP contribution in [0.5, 0.6) is 0 Å². The minimum atomic E-state index is -0.115. The van der Waals surface area contributed by atoms with E-state index in [1.54, 1.807) is 6.33 Å². The second-order valence-corrected chi connectivity index (χ2v) is 6.17. The van der Waals surface area contributed by atoms with Gasteiger partial charge in [-0.25, -0.2) is 4.98 Å². The van der Waals surface area contributed by atoms with E-state index in [0.29, 0.717) is 19.0 Å². The fraction of sp³-hybridized carbons (Fsp3) is 0.714. The van der Waals surface area contributed by atoms with Gasteiger partial charge in [-0.2, -0.15) is 0 Å². The minimum absolute atomic E-state index is 0.115. The van der Waals surface area contributed by atoms with Gasteiger partial charge < -0.3 is 10.3 Å². The molecule has 1 aromatic heterocycles. The van der Waals surface area contributed by atoms with Crippen LogP contribution in [-0.2, 0) is 17.8 Å². The van der Waals surface area contributed by atoms with Crippen molar-refractivity contribution in [3.63, 3.8) is 0 Å². The fourth-order valence-electron chi connectivity index (χ4n) is 3.15. The number of carbonyl (C=O) groups excluding carboxylic acids is 1. The van der Waals surface area contributed by atoms with Gasteiger partial charge in [0.2, 0.25) is 5.91 Å². The number of H-pyrrole nitrogens is 1. The van der Waals surface area contributed by atoms with E-state index in [4.69, 9.17) is 0 Å². The van der Waals surface area contributed by atoms with Crippen LogP contribution in [0.1, 0.15) is 37.1 Å². The van der Waals surface area contributed by atoms with Crippen LogP contribution in [0.15, 0.2) is 6.33 Å². The standard InChI is InChI=1S/C14H20N4O/c19-14(18-13(8-1-2-8)9-3-4-9)11-5-10-12(6-15-11)17-7-16-10/h7-9,11,13,15H,1-6H2,(H,16,17)(H,18,19). The molecule has 1 aromatic rings. The first kappa shape index (κ1) is 11.5. The van der Waals surface area contributed by atoms with Crippen LogP contribution in [0.4, 0.5) is 0 Å². The number of fused-ring (bicyclic) bond motifs is 1. The Labute approximate surface area is 112 Å². The Kier molecular flexibility index (Phi) is 2.62. The maximum Gasteiger partial charge on any atom is 0.237 e. The lowest BCUT2D eigenvalue weighted by Crippen LogP contribution is -2.51. The fourth-order valence-corrected chi connectivity index (χ4v) is 3.15. The van der Waals surface area contributed by atoms with Gasteiger partial charge in [-0.1, -0.05) is 0 Å². The molecule has 4 rings (SSSR count). The number of nitrogens with one attached hydrogen (secondary N) is 3. The van der Waals surface area contributed by atoms with Gasteiger partial charge in [0.05, 0.1) is 23.8 Å². The Morgan fingerprint density at radius 1 is 1.32 bits per heavy atom. The molecule has 5 nitrogen and oxygen atoms in total. The molecule has 3 aliphatic rings. The third-order valence-corrected chi connectivity index (χ3v) is 4.62. The zero-order chi connectivity index (χ0) is 12.8. The Hall–Kier alpha value is -1.36. The molecule has 2 aliphatic carbocycles. The molecule has 1 amide bonds. The lowest BCUT2D eigenvalue weighted by Gasteiger charge is -2.25. The van der Waals surface area contributed by atoms with Crippen molar-refractivity contribution in [2.75, 3.05) is 0 Å². The smallest absolute Gasteiger partial charge is 0.237 e. The monoisotopic (exact) mass is 260 g/mol. The van der Waals surface area contributed by atoms with Crippen LogP contribution < -0.4 is 10.6 Å². The summed E-state index contributed by atoms with van der Waals surface area (Å²) in [5.41, 5.74) is 2.15. The second kappa shape index (κ2) is 4.34. The van der Waals surface area contributed by atoms with Gasteiger partial charge in [-0.05, 0) is 37.5 Å². The molecule has 0 spiro atoms. The number of aromatic amines is 1. The summed E-state index contributed by atoms with van der Waals surface area (Å²) in [6, 6.07) is 0.325. The van der Waals surface area contributed by atoms with Crippen molar-refractivity contribution in [2.45, 2.75) is 50.7 Å². The van der Waals surface area contributed by atoms with E-state index >= 15 is 0 Å². The summed E-state index contributed by atoms with van der Waals surface area (Å²) >= 11 is 0. The highest BCUT2D eigenvalue weighted by Crippen LogP contribution is 2.44. The highest BCUT2D eigenvalue weighted by Gasteiger charge is 2.43. The first-order valence-corrected chi connectivity index (χ1v) is 7.36. The molecule has 2 heterocycles. The van der Waals surface area contributed by atoms with E-state index in [9.17, 15) is 4.79 Å². The predicted octanol–water partition coefficient (Wildman–Crippen LogP) is 0.729. The van der Waals surface area contributed by atoms with Crippen LogP contribution in [0.25, 0.3) is 0 Å². The third-order valence-electron chi connectivity index (χ3n) is 4.62. The Bertz CT molecular complexity index is 477. The SMILES string of the molecule is O=C(NC(C1CC1)C1CC1)C1Cc2nc[nH]c2CN1. The minimum Gasteiger partial charge on any atom is -0.351 e. The number of nitrogens with zero attached hydrogens (tertiary/aromatic N) is 1. The number of aromatic nitrogens is 2. The quantitative estimate of drug-likeness (QED) is 0.747. The summed E-state index contributed by atoms with van der Waals surface area (Å²) in [5.74, 6) is 1.67. The average Bonchev–Trinajstić information content (AvgIpc) is 3.33. The largest absolute Gasteiger partial charge is 0.351 e. The zero-order valence-electron chi connectivity index (χ0n) is 11.0. The molecule has 0 saturated heterocycles. The highest BCUT2D eigenvalue weighted by molar-refractivity contribution is 5.82. The van der Waals surface area contributed by atoms with E-state index in [-0.39, 0.29) is 11.9 Å². The predicted molar refractivity (Wildman–Crippen MR) is 70.3 cm³/mol. The zero-order valence-corrected chi connectivity index (χ0v) is 11.0. The molecule has 1 unspecified atom stereocenters. The average molecular weight is 260 g/mol. The van der Waals surface area contributed by atoms with Crippen molar-refractivity contribution in [1.82, 2.24) is 20.6 Å². The van der Waals surface area contributed by atoms with E-state index < -0.39 is 0 Å². The first-order valence-electron chi connectivity index (χ1n) is 7.36. The van der Waals surface area contributed by atoms with Crippen LogP contribution in [0, 0.1) is 11.8 Å². The molecular formula is C14H20N4O. The van der Waals surface area contributed by atoms with Crippen LogP contribution >= 0.6 is 0 Å². The Morgan fingerprint density at radius 3 is 2.74 bits per heavy atom. The number of hydrogen-bond donors (Lipinski definition) is 3. The van der Waals surface area contributed by atoms with Gasteiger partial charge in [-0.3, -0.25) is 10.1 Å². The molecule has 5 heteroatoms. The van der Waals surface area contributed by atoms with Gasteiger partial charge in [0, 0.05) is 19.0 Å².